The molecular weight excluding hydrogens is 336 g/mol. The van der Waals surface area contributed by atoms with E-state index < -0.39 is 0 Å². The summed E-state index contributed by atoms with van der Waals surface area (Å²) in [6.07, 6.45) is 2.57. The van der Waals surface area contributed by atoms with Gasteiger partial charge in [0, 0.05) is 17.2 Å². The topological polar surface area (TPSA) is 49.4 Å². The minimum atomic E-state index is 0.00608. The molecule has 1 amide bonds. The molecule has 4 heteroatoms. The predicted octanol–water partition coefficient (Wildman–Crippen LogP) is 4.09. The van der Waals surface area contributed by atoms with Gasteiger partial charge < -0.3 is 5.32 Å². The molecule has 27 heavy (non-hydrogen) atoms. The number of Topliss-reactive ketones (excluding diaryl/α,β-unsaturated/α-hetero) is 1. The zero-order valence-electron chi connectivity index (χ0n) is 16.2. The molecule has 0 spiro atoms. The van der Waals surface area contributed by atoms with Gasteiger partial charge in [0.15, 0.2) is 5.78 Å². The van der Waals surface area contributed by atoms with Crippen LogP contribution < -0.4 is 5.32 Å². The van der Waals surface area contributed by atoms with Gasteiger partial charge >= 0.3 is 0 Å². The first-order valence-electron chi connectivity index (χ1n) is 9.77. The van der Waals surface area contributed by atoms with Crippen LogP contribution in [0.3, 0.4) is 0 Å². The number of anilines is 1. The van der Waals surface area contributed by atoms with Crippen molar-refractivity contribution in [2.24, 2.45) is 5.92 Å². The monoisotopic (exact) mass is 364 g/mol. The number of carbonyl (C=O) groups excluding carboxylic acids is 2. The van der Waals surface area contributed by atoms with E-state index in [0.717, 1.165) is 49.2 Å². The molecular formula is C23H28N2O2. The van der Waals surface area contributed by atoms with Crippen LogP contribution >= 0.6 is 0 Å². The van der Waals surface area contributed by atoms with Gasteiger partial charge in [0.1, 0.15) is 0 Å². The van der Waals surface area contributed by atoms with Gasteiger partial charge in [-0.15, -0.1) is 0 Å². The van der Waals surface area contributed by atoms with Gasteiger partial charge in [-0.05, 0) is 57.0 Å². The molecule has 3 rings (SSSR count). The lowest BCUT2D eigenvalue weighted by Crippen LogP contribution is -2.40. The third-order valence-corrected chi connectivity index (χ3v) is 5.28. The highest BCUT2D eigenvalue weighted by Gasteiger charge is 2.26. The molecule has 1 fully saturated rings. The number of benzene rings is 2. The SMILES string of the molecule is CCc1cccc(NC(=O)CN2CCC(C(=O)c3ccc(C)cc3)CC2)c1. The van der Waals surface area contributed by atoms with Gasteiger partial charge in [0.2, 0.25) is 5.91 Å². The number of carbonyl (C=O) groups is 2. The molecule has 4 nitrogen and oxygen atoms in total. The molecule has 0 unspecified atom stereocenters. The van der Waals surface area contributed by atoms with Gasteiger partial charge in [-0.25, -0.2) is 0 Å². The van der Waals surface area contributed by atoms with E-state index in [-0.39, 0.29) is 17.6 Å². The number of rotatable bonds is 6. The lowest BCUT2D eigenvalue weighted by atomic mass is 9.88. The number of aryl methyl sites for hydroxylation is 2. The molecule has 0 saturated carbocycles. The van der Waals surface area contributed by atoms with E-state index in [1.54, 1.807) is 0 Å². The maximum absolute atomic E-state index is 12.6. The first kappa shape index (κ1) is 19.3. The maximum atomic E-state index is 12.6. The normalized spacial score (nSPS) is 15.5. The molecule has 142 valence electrons. The number of nitrogens with zero attached hydrogens (tertiary/aromatic N) is 1. The third kappa shape index (κ3) is 5.27. The number of nitrogens with one attached hydrogen (secondary N) is 1. The van der Waals surface area contributed by atoms with Crippen molar-refractivity contribution in [2.45, 2.75) is 33.1 Å². The Labute approximate surface area is 161 Å². The van der Waals surface area contributed by atoms with Crippen molar-refractivity contribution >= 4 is 17.4 Å². The summed E-state index contributed by atoms with van der Waals surface area (Å²) in [7, 11) is 0. The fourth-order valence-electron chi connectivity index (χ4n) is 3.58. The Hall–Kier alpha value is -2.46. The van der Waals surface area contributed by atoms with E-state index in [2.05, 4.69) is 23.2 Å². The Kier molecular flexibility index (Phi) is 6.40. The largest absolute Gasteiger partial charge is 0.325 e. The van der Waals surface area contributed by atoms with Crippen LogP contribution in [-0.4, -0.2) is 36.2 Å². The number of piperidine rings is 1. The summed E-state index contributed by atoms with van der Waals surface area (Å²) in [4.78, 5) is 27.1. The Balaban J connectivity index is 1.48. The zero-order chi connectivity index (χ0) is 19.2. The average molecular weight is 364 g/mol. The summed E-state index contributed by atoms with van der Waals surface area (Å²) >= 11 is 0. The second-order valence-electron chi connectivity index (χ2n) is 7.38. The minimum absolute atomic E-state index is 0.00608. The minimum Gasteiger partial charge on any atom is -0.325 e. The molecule has 1 aliphatic heterocycles. The first-order chi connectivity index (χ1) is 13.0. The van der Waals surface area contributed by atoms with Crippen molar-refractivity contribution in [1.29, 1.82) is 0 Å². The van der Waals surface area contributed by atoms with Crippen molar-refractivity contribution in [3.05, 3.63) is 65.2 Å². The van der Waals surface area contributed by atoms with Crippen molar-refractivity contribution in [3.63, 3.8) is 0 Å². The highest BCUT2D eigenvalue weighted by molar-refractivity contribution is 5.98. The summed E-state index contributed by atoms with van der Waals surface area (Å²) in [5, 5.41) is 2.98. The van der Waals surface area contributed by atoms with E-state index >= 15 is 0 Å². The lowest BCUT2D eigenvalue weighted by Gasteiger charge is -2.30. The number of ketones is 1. The molecule has 1 aliphatic rings. The van der Waals surface area contributed by atoms with Crippen molar-refractivity contribution in [3.8, 4) is 0 Å². The van der Waals surface area contributed by atoms with Gasteiger partial charge in [-0.2, -0.15) is 0 Å². The predicted molar refractivity (Wildman–Crippen MR) is 109 cm³/mol. The van der Waals surface area contributed by atoms with Crippen LogP contribution in [0.25, 0.3) is 0 Å². The molecule has 1 heterocycles. The fraction of sp³-hybridized carbons (Fsp3) is 0.391. The van der Waals surface area contributed by atoms with Gasteiger partial charge in [0.25, 0.3) is 0 Å². The number of hydrogen-bond donors (Lipinski definition) is 1. The summed E-state index contributed by atoms with van der Waals surface area (Å²) in [5.74, 6) is 0.301. The molecule has 0 bridgehead atoms. The quantitative estimate of drug-likeness (QED) is 0.786. The van der Waals surface area contributed by atoms with Crippen LogP contribution in [0.1, 0.15) is 41.3 Å². The van der Waals surface area contributed by atoms with Gasteiger partial charge in [0.05, 0.1) is 6.54 Å². The zero-order valence-corrected chi connectivity index (χ0v) is 16.2. The first-order valence-corrected chi connectivity index (χ1v) is 9.77. The molecule has 1 N–H and O–H groups in total. The smallest absolute Gasteiger partial charge is 0.238 e. The van der Waals surface area contributed by atoms with Crippen LogP contribution in [0.15, 0.2) is 48.5 Å². The Morgan fingerprint density at radius 3 is 2.44 bits per heavy atom. The molecule has 0 atom stereocenters. The Morgan fingerprint density at radius 2 is 1.78 bits per heavy atom. The van der Waals surface area contributed by atoms with E-state index in [9.17, 15) is 9.59 Å². The molecule has 0 aromatic heterocycles. The molecule has 0 aliphatic carbocycles. The highest BCUT2D eigenvalue weighted by atomic mass is 16.2. The second-order valence-corrected chi connectivity index (χ2v) is 7.38. The molecule has 1 saturated heterocycles. The van der Waals surface area contributed by atoms with Crippen molar-refractivity contribution in [2.75, 3.05) is 25.0 Å². The number of hydrogen-bond acceptors (Lipinski definition) is 3. The van der Waals surface area contributed by atoms with Crippen LogP contribution in [-0.2, 0) is 11.2 Å². The highest BCUT2D eigenvalue weighted by Crippen LogP contribution is 2.22. The van der Waals surface area contributed by atoms with Crippen LogP contribution in [0.2, 0.25) is 0 Å². The van der Waals surface area contributed by atoms with Gasteiger partial charge in [-0.1, -0.05) is 48.9 Å². The van der Waals surface area contributed by atoms with Crippen LogP contribution in [0, 0.1) is 12.8 Å². The fourth-order valence-corrected chi connectivity index (χ4v) is 3.58. The van der Waals surface area contributed by atoms with Crippen LogP contribution in [0.4, 0.5) is 5.69 Å². The lowest BCUT2D eigenvalue weighted by molar-refractivity contribution is -0.117. The molecule has 2 aromatic carbocycles. The van der Waals surface area contributed by atoms with Gasteiger partial charge in [-0.3, -0.25) is 14.5 Å². The van der Waals surface area contributed by atoms with Crippen molar-refractivity contribution < 1.29 is 9.59 Å². The van der Waals surface area contributed by atoms with Crippen molar-refractivity contribution in [1.82, 2.24) is 4.90 Å². The van der Waals surface area contributed by atoms with Crippen LogP contribution in [0.5, 0.6) is 0 Å². The van der Waals surface area contributed by atoms with E-state index in [0.29, 0.717) is 6.54 Å². The van der Waals surface area contributed by atoms with E-state index in [1.807, 2.05) is 49.4 Å². The standard InChI is InChI=1S/C23H28N2O2/c1-3-18-5-4-6-21(15-18)24-22(26)16-25-13-11-20(12-14-25)23(27)19-9-7-17(2)8-10-19/h4-10,15,20H,3,11-14,16H2,1-2H3,(H,24,26). The molecule has 2 aromatic rings. The van der Waals surface area contributed by atoms with E-state index in [4.69, 9.17) is 0 Å². The third-order valence-electron chi connectivity index (χ3n) is 5.28. The average Bonchev–Trinajstić information content (AvgIpc) is 2.68. The second kappa shape index (κ2) is 8.96. The maximum Gasteiger partial charge on any atom is 0.238 e. The summed E-state index contributed by atoms with van der Waals surface area (Å²) in [6, 6.07) is 15.8. The summed E-state index contributed by atoms with van der Waals surface area (Å²) < 4.78 is 0. The summed E-state index contributed by atoms with van der Waals surface area (Å²) in [6.45, 7) is 6.07. The Morgan fingerprint density at radius 1 is 1.07 bits per heavy atom. The molecule has 0 radical (unpaired) electrons. The number of amides is 1. The van der Waals surface area contributed by atoms with E-state index in [1.165, 1.54) is 5.56 Å². The Bertz CT molecular complexity index is 790. The summed E-state index contributed by atoms with van der Waals surface area (Å²) in [5.41, 5.74) is 4.02. The number of likely N-dealkylation sites (tertiary alicyclic amines) is 1.